The molecule has 202 valence electrons. The normalized spacial score (nSPS) is 39.1. The summed E-state index contributed by atoms with van der Waals surface area (Å²) in [5.41, 5.74) is 1.02. The number of hydrogen-bond acceptors (Lipinski definition) is 6. The molecule has 1 aromatic carbocycles. The molecular formula is C28H37ClN2O6. The maximum atomic E-state index is 13.2. The first-order chi connectivity index (χ1) is 17.2. The minimum Gasteiger partial charge on any atom is -0.446 e. The second-order valence-electron chi connectivity index (χ2n) is 11.1. The maximum Gasteiger partial charge on any atom is 0.409 e. The van der Waals surface area contributed by atoms with Gasteiger partial charge in [0, 0.05) is 25.3 Å². The van der Waals surface area contributed by atoms with Gasteiger partial charge in [-0.05, 0) is 44.4 Å². The third-order valence-electron chi connectivity index (χ3n) is 8.12. The highest BCUT2D eigenvalue weighted by Crippen LogP contribution is 2.48. The fourth-order valence-corrected chi connectivity index (χ4v) is 5.64. The highest BCUT2D eigenvalue weighted by atomic mass is 35.5. The van der Waals surface area contributed by atoms with Gasteiger partial charge >= 0.3 is 6.09 Å². The summed E-state index contributed by atoms with van der Waals surface area (Å²) in [6.45, 7) is 9.36. The van der Waals surface area contributed by atoms with Crippen LogP contribution in [0.2, 0.25) is 5.02 Å². The third kappa shape index (κ3) is 5.43. The van der Waals surface area contributed by atoms with Crippen LogP contribution in [0.5, 0.6) is 0 Å². The molecular weight excluding hydrogens is 496 g/mol. The first-order valence-corrected chi connectivity index (χ1v) is 13.1. The van der Waals surface area contributed by atoms with Gasteiger partial charge in [-0.15, -0.1) is 0 Å². The predicted molar refractivity (Wildman–Crippen MR) is 141 cm³/mol. The SMILES string of the molecule is C/C1=C\C=C\[C@@H](C)[C@@]2(O)C[C@H](OC(=O)N2)[C@@H](C)[C@@H]2O[C@@]2(C)[C@@H](O)CC(=O)N(C)c2cc(cc(C)c2Cl)C1. The van der Waals surface area contributed by atoms with Crippen molar-refractivity contribution in [3.05, 3.63) is 52.1 Å². The van der Waals surface area contributed by atoms with Crippen LogP contribution in [0.15, 0.2) is 35.9 Å². The Hall–Kier alpha value is -2.39. The van der Waals surface area contributed by atoms with Crippen LogP contribution < -0.4 is 10.2 Å². The number of carbonyl (C=O) groups is 2. The summed E-state index contributed by atoms with van der Waals surface area (Å²) in [6, 6.07) is 3.90. The van der Waals surface area contributed by atoms with Crippen molar-refractivity contribution in [2.24, 2.45) is 11.8 Å². The van der Waals surface area contributed by atoms with Crippen molar-refractivity contribution in [1.82, 2.24) is 5.32 Å². The molecule has 0 saturated carbocycles. The van der Waals surface area contributed by atoms with Gasteiger partial charge in [-0.25, -0.2) is 4.79 Å². The summed E-state index contributed by atoms with van der Waals surface area (Å²) in [7, 11) is 1.65. The van der Waals surface area contributed by atoms with E-state index >= 15 is 0 Å². The van der Waals surface area contributed by atoms with Crippen LogP contribution in [-0.4, -0.2) is 58.9 Å². The predicted octanol–water partition coefficient (Wildman–Crippen LogP) is 4.04. The van der Waals surface area contributed by atoms with Crippen LogP contribution in [0.4, 0.5) is 10.5 Å². The van der Waals surface area contributed by atoms with Gasteiger partial charge < -0.3 is 24.6 Å². The van der Waals surface area contributed by atoms with Crippen molar-refractivity contribution < 1.29 is 29.3 Å². The van der Waals surface area contributed by atoms with E-state index in [4.69, 9.17) is 21.1 Å². The Morgan fingerprint density at radius 2 is 1.92 bits per heavy atom. The lowest BCUT2D eigenvalue weighted by atomic mass is 9.82. The topological polar surface area (TPSA) is 112 Å². The second kappa shape index (κ2) is 10.1. The molecule has 4 bridgehead atoms. The van der Waals surface area contributed by atoms with Crippen LogP contribution in [0.25, 0.3) is 0 Å². The van der Waals surface area contributed by atoms with E-state index in [-0.39, 0.29) is 24.7 Å². The fourth-order valence-electron chi connectivity index (χ4n) is 5.40. The number of fused-ring (bicyclic) bond motifs is 5. The molecule has 0 spiro atoms. The molecule has 0 aliphatic carbocycles. The van der Waals surface area contributed by atoms with Gasteiger partial charge in [-0.3, -0.25) is 10.1 Å². The Kier molecular flexibility index (Phi) is 7.51. The van der Waals surface area contributed by atoms with E-state index in [9.17, 15) is 19.8 Å². The Bertz CT molecular complexity index is 1150. The summed E-state index contributed by atoms with van der Waals surface area (Å²) >= 11 is 6.59. The number of aryl methyl sites for hydroxylation is 1. The average molecular weight is 533 g/mol. The molecule has 3 aliphatic heterocycles. The number of amides is 2. The minimum atomic E-state index is -1.50. The molecule has 0 unspecified atom stereocenters. The lowest BCUT2D eigenvalue weighted by Crippen LogP contribution is -2.60. The minimum absolute atomic E-state index is 0.158. The highest BCUT2D eigenvalue weighted by Gasteiger charge is 2.62. The average Bonchev–Trinajstić information content (AvgIpc) is 3.51. The molecule has 8 nitrogen and oxygen atoms in total. The van der Waals surface area contributed by atoms with Crippen LogP contribution in [-0.2, 0) is 20.7 Å². The molecule has 1 aromatic rings. The number of hydrogen-bond donors (Lipinski definition) is 3. The molecule has 0 aromatic heterocycles. The Balaban J connectivity index is 1.71. The number of allylic oxidation sites excluding steroid dienone is 3. The quantitative estimate of drug-likeness (QED) is 0.435. The second-order valence-corrected chi connectivity index (χ2v) is 11.4. The Morgan fingerprint density at radius 1 is 1.22 bits per heavy atom. The lowest BCUT2D eigenvalue weighted by molar-refractivity contribution is -0.121. The standard InChI is InChI=1S/C28H37ClN2O6/c1-15-8-7-9-17(3)28(35)14-21(36-26(34)30-28)18(4)25-27(5,37-25)22(32)13-23(33)31(6)20-12-19(10-15)11-16(2)24(20)29/h7-9,11-12,17-18,21-22,25,32,35H,10,13-14H2,1-6H3,(H,30,34)/b9-7+,15-8+/t17-,18-,21+,22+,25+,27+,28+/m1/s1. The Morgan fingerprint density at radius 3 is 2.62 bits per heavy atom. The number of benzene rings is 1. The van der Waals surface area contributed by atoms with Crippen molar-refractivity contribution >= 4 is 29.3 Å². The van der Waals surface area contributed by atoms with E-state index in [1.807, 2.05) is 58.1 Å². The Labute approximate surface area is 223 Å². The number of alkyl carbamates (subject to hydrolysis) is 1. The van der Waals surface area contributed by atoms with E-state index < -0.39 is 41.6 Å². The molecule has 2 amide bonds. The van der Waals surface area contributed by atoms with Crippen molar-refractivity contribution in [3.63, 3.8) is 0 Å². The van der Waals surface area contributed by atoms with Crippen molar-refractivity contribution in [3.8, 4) is 0 Å². The van der Waals surface area contributed by atoms with E-state index in [0.29, 0.717) is 17.1 Å². The van der Waals surface area contributed by atoms with Crippen LogP contribution in [0, 0.1) is 18.8 Å². The molecule has 9 heteroatoms. The molecule has 7 atom stereocenters. The lowest BCUT2D eigenvalue weighted by Gasteiger charge is -2.41. The van der Waals surface area contributed by atoms with Gasteiger partial charge in [0.25, 0.3) is 0 Å². The summed E-state index contributed by atoms with van der Waals surface area (Å²) < 4.78 is 11.4. The monoisotopic (exact) mass is 532 g/mol. The zero-order valence-electron chi connectivity index (χ0n) is 22.2. The highest BCUT2D eigenvalue weighted by molar-refractivity contribution is 6.34. The number of nitrogens with zero attached hydrogens (tertiary/aromatic N) is 1. The summed E-state index contributed by atoms with van der Waals surface area (Å²) in [4.78, 5) is 27.1. The number of anilines is 1. The van der Waals surface area contributed by atoms with Gasteiger partial charge in [0.2, 0.25) is 5.91 Å². The maximum absolute atomic E-state index is 13.2. The van der Waals surface area contributed by atoms with Crippen LogP contribution >= 0.6 is 11.6 Å². The number of aliphatic hydroxyl groups is 2. The number of rotatable bonds is 0. The van der Waals surface area contributed by atoms with Crippen molar-refractivity contribution in [2.45, 2.75) is 83.5 Å². The molecule has 0 radical (unpaired) electrons. The largest absolute Gasteiger partial charge is 0.446 e. The van der Waals surface area contributed by atoms with E-state index in [2.05, 4.69) is 5.32 Å². The zero-order chi connectivity index (χ0) is 27.3. The van der Waals surface area contributed by atoms with Gasteiger partial charge in [-0.1, -0.05) is 55.3 Å². The number of ether oxygens (including phenoxy) is 2. The van der Waals surface area contributed by atoms with Gasteiger partial charge in [0.1, 0.15) is 17.4 Å². The first kappa shape index (κ1) is 27.6. The molecule has 3 N–H and O–H groups in total. The fraction of sp³-hybridized carbons (Fsp3) is 0.571. The summed E-state index contributed by atoms with van der Waals surface area (Å²) in [5, 5.41) is 25.4. The molecule has 2 saturated heterocycles. The number of halogens is 1. The number of aliphatic hydroxyl groups excluding tert-OH is 1. The summed E-state index contributed by atoms with van der Waals surface area (Å²) in [6.07, 6.45) is 3.47. The number of carbonyl (C=O) groups excluding carboxylic acids is 2. The van der Waals surface area contributed by atoms with E-state index in [0.717, 1.165) is 16.7 Å². The van der Waals surface area contributed by atoms with E-state index in [1.165, 1.54) is 4.90 Å². The first-order valence-electron chi connectivity index (χ1n) is 12.7. The molecule has 4 rings (SSSR count). The van der Waals surface area contributed by atoms with E-state index in [1.54, 1.807) is 14.0 Å². The van der Waals surface area contributed by atoms with Crippen molar-refractivity contribution in [1.29, 1.82) is 0 Å². The van der Waals surface area contributed by atoms with Crippen molar-refractivity contribution in [2.75, 3.05) is 11.9 Å². The van der Waals surface area contributed by atoms with Gasteiger partial charge in [-0.2, -0.15) is 0 Å². The van der Waals surface area contributed by atoms with Gasteiger partial charge in [0.15, 0.2) is 0 Å². The molecule has 2 fully saturated rings. The third-order valence-corrected chi connectivity index (χ3v) is 8.61. The molecule has 3 aliphatic rings. The van der Waals surface area contributed by atoms with Crippen LogP contribution in [0.3, 0.4) is 0 Å². The smallest absolute Gasteiger partial charge is 0.409 e. The van der Waals surface area contributed by atoms with Crippen LogP contribution in [0.1, 0.15) is 51.7 Å². The van der Waals surface area contributed by atoms with Gasteiger partial charge in [0.05, 0.1) is 29.3 Å². The number of epoxide rings is 1. The summed E-state index contributed by atoms with van der Waals surface area (Å²) in [5.74, 6) is -1.01. The molecule has 3 heterocycles. The number of nitrogens with one attached hydrogen (secondary N) is 1. The zero-order valence-corrected chi connectivity index (χ0v) is 23.0. The molecule has 37 heavy (non-hydrogen) atoms.